The third-order valence-electron chi connectivity index (χ3n) is 3.95. The first-order valence-electron chi connectivity index (χ1n) is 9.11. The Morgan fingerprint density at radius 1 is 1.12 bits per heavy atom. The molecule has 1 aromatic heterocycles. The first kappa shape index (κ1) is 18.9. The van der Waals surface area contributed by atoms with Crippen molar-refractivity contribution in [3.05, 3.63) is 41.6 Å². The number of aryl methyl sites for hydroxylation is 1. The van der Waals surface area contributed by atoms with Crippen LogP contribution < -0.4 is 10.6 Å². The monoisotopic (exact) mass is 340 g/mol. The van der Waals surface area contributed by atoms with Gasteiger partial charge < -0.3 is 10.6 Å². The lowest BCUT2D eigenvalue weighted by molar-refractivity contribution is 0.0953. The molecule has 25 heavy (non-hydrogen) atoms. The van der Waals surface area contributed by atoms with Crippen molar-refractivity contribution in [3.63, 3.8) is 0 Å². The van der Waals surface area contributed by atoms with E-state index in [0.717, 1.165) is 43.4 Å². The molecule has 0 atom stereocenters. The first-order valence-corrected chi connectivity index (χ1v) is 9.11. The fourth-order valence-corrected chi connectivity index (χ4v) is 2.50. The minimum Gasteiger partial charge on any atom is -0.354 e. The van der Waals surface area contributed by atoms with Crippen LogP contribution in [-0.2, 0) is 0 Å². The van der Waals surface area contributed by atoms with Crippen LogP contribution >= 0.6 is 0 Å². The standard InChI is InChI=1S/C20H28N4O/c1-4-6-11-21-19(25)17-14-23-20(22-12-7-5-2)24-18(17)16-10-8-9-15(3)13-16/h8-10,13-14H,4-7,11-12H2,1-3H3,(H,21,25)(H,22,23,24). The predicted molar refractivity (Wildman–Crippen MR) is 103 cm³/mol. The third kappa shape index (κ3) is 5.55. The number of amides is 1. The Bertz CT molecular complexity index is 700. The fourth-order valence-electron chi connectivity index (χ4n) is 2.50. The number of rotatable bonds is 9. The number of hydrogen-bond acceptors (Lipinski definition) is 4. The topological polar surface area (TPSA) is 66.9 Å². The van der Waals surface area contributed by atoms with Crippen LogP contribution in [0.2, 0.25) is 0 Å². The molecule has 0 bridgehead atoms. The molecule has 0 aliphatic carbocycles. The summed E-state index contributed by atoms with van der Waals surface area (Å²) in [6.45, 7) is 7.77. The summed E-state index contributed by atoms with van der Waals surface area (Å²) in [6, 6.07) is 8.04. The lowest BCUT2D eigenvalue weighted by Crippen LogP contribution is -2.25. The number of unbranched alkanes of at least 4 members (excludes halogenated alkanes) is 2. The van der Waals surface area contributed by atoms with E-state index in [1.807, 2.05) is 31.2 Å². The van der Waals surface area contributed by atoms with Crippen LogP contribution in [0.5, 0.6) is 0 Å². The maximum absolute atomic E-state index is 12.6. The number of hydrogen-bond donors (Lipinski definition) is 2. The Hall–Kier alpha value is -2.43. The summed E-state index contributed by atoms with van der Waals surface area (Å²) < 4.78 is 0. The molecule has 2 aromatic rings. The summed E-state index contributed by atoms with van der Waals surface area (Å²) in [7, 11) is 0. The quantitative estimate of drug-likeness (QED) is 0.672. The Balaban J connectivity index is 2.32. The number of nitrogens with one attached hydrogen (secondary N) is 2. The molecule has 2 rings (SSSR count). The second-order valence-electron chi connectivity index (χ2n) is 6.22. The van der Waals surface area contributed by atoms with Crippen molar-refractivity contribution in [1.29, 1.82) is 0 Å². The molecule has 1 amide bonds. The average molecular weight is 340 g/mol. The smallest absolute Gasteiger partial charge is 0.255 e. The maximum Gasteiger partial charge on any atom is 0.255 e. The number of aromatic nitrogens is 2. The summed E-state index contributed by atoms with van der Waals surface area (Å²) >= 11 is 0. The molecule has 134 valence electrons. The van der Waals surface area contributed by atoms with Crippen molar-refractivity contribution in [2.45, 2.75) is 46.5 Å². The third-order valence-corrected chi connectivity index (χ3v) is 3.95. The van der Waals surface area contributed by atoms with Gasteiger partial charge in [0.15, 0.2) is 0 Å². The molecule has 1 aromatic carbocycles. The number of benzene rings is 1. The Kier molecular flexibility index (Phi) is 7.38. The highest BCUT2D eigenvalue weighted by Crippen LogP contribution is 2.23. The van der Waals surface area contributed by atoms with E-state index in [4.69, 9.17) is 0 Å². The zero-order valence-corrected chi connectivity index (χ0v) is 15.4. The normalized spacial score (nSPS) is 10.5. The van der Waals surface area contributed by atoms with Crippen LogP contribution in [0, 0.1) is 6.92 Å². The first-order chi connectivity index (χ1) is 12.2. The number of carbonyl (C=O) groups is 1. The Morgan fingerprint density at radius 2 is 1.88 bits per heavy atom. The molecule has 5 heteroatoms. The Labute approximate surface area is 150 Å². The van der Waals surface area contributed by atoms with E-state index in [1.165, 1.54) is 0 Å². The van der Waals surface area contributed by atoms with Crippen molar-refractivity contribution >= 4 is 11.9 Å². The van der Waals surface area contributed by atoms with Crippen LogP contribution in [-0.4, -0.2) is 29.0 Å². The molecular formula is C20H28N4O. The van der Waals surface area contributed by atoms with Gasteiger partial charge in [-0.25, -0.2) is 9.97 Å². The molecule has 0 aliphatic rings. The van der Waals surface area contributed by atoms with Gasteiger partial charge >= 0.3 is 0 Å². The van der Waals surface area contributed by atoms with Gasteiger partial charge in [-0.1, -0.05) is 50.5 Å². The van der Waals surface area contributed by atoms with Crippen molar-refractivity contribution in [2.75, 3.05) is 18.4 Å². The van der Waals surface area contributed by atoms with E-state index in [9.17, 15) is 4.79 Å². The summed E-state index contributed by atoms with van der Waals surface area (Å²) in [4.78, 5) is 21.5. The van der Waals surface area contributed by atoms with Crippen LogP contribution in [0.3, 0.4) is 0 Å². The van der Waals surface area contributed by atoms with Gasteiger partial charge in [0.05, 0.1) is 11.3 Å². The molecule has 2 N–H and O–H groups in total. The van der Waals surface area contributed by atoms with E-state index in [0.29, 0.717) is 23.8 Å². The molecule has 0 radical (unpaired) electrons. The lowest BCUT2D eigenvalue weighted by Gasteiger charge is -2.12. The summed E-state index contributed by atoms with van der Waals surface area (Å²) in [5, 5.41) is 6.19. The minimum absolute atomic E-state index is 0.120. The van der Waals surface area contributed by atoms with Gasteiger partial charge in [0, 0.05) is 24.8 Å². The van der Waals surface area contributed by atoms with E-state index in [1.54, 1.807) is 6.20 Å². The largest absolute Gasteiger partial charge is 0.354 e. The highest BCUT2D eigenvalue weighted by atomic mass is 16.1. The fraction of sp³-hybridized carbons (Fsp3) is 0.450. The van der Waals surface area contributed by atoms with Crippen LogP contribution in [0.25, 0.3) is 11.3 Å². The van der Waals surface area contributed by atoms with E-state index in [2.05, 4.69) is 34.4 Å². The summed E-state index contributed by atoms with van der Waals surface area (Å²) in [5.74, 6) is 0.445. The molecule has 0 saturated heterocycles. The van der Waals surface area contributed by atoms with Gasteiger partial charge in [-0.05, 0) is 25.8 Å². The van der Waals surface area contributed by atoms with Crippen LogP contribution in [0.4, 0.5) is 5.95 Å². The van der Waals surface area contributed by atoms with Gasteiger partial charge in [0.2, 0.25) is 5.95 Å². The Morgan fingerprint density at radius 3 is 2.60 bits per heavy atom. The van der Waals surface area contributed by atoms with Gasteiger partial charge in [-0.3, -0.25) is 4.79 Å². The maximum atomic E-state index is 12.6. The summed E-state index contributed by atoms with van der Waals surface area (Å²) in [6.07, 6.45) is 5.79. The molecule has 0 saturated carbocycles. The molecular weight excluding hydrogens is 312 g/mol. The molecule has 0 aliphatic heterocycles. The van der Waals surface area contributed by atoms with Crippen LogP contribution in [0.15, 0.2) is 30.5 Å². The zero-order valence-electron chi connectivity index (χ0n) is 15.4. The second kappa shape index (κ2) is 9.77. The molecule has 0 spiro atoms. The van der Waals surface area contributed by atoms with E-state index >= 15 is 0 Å². The SMILES string of the molecule is CCCCNC(=O)c1cnc(NCCCC)nc1-c1cccc(C)c1. The molecule has 0 unspecified atom stereocenters. The second-order valence-corrected chi connectivity index (χ2v) is 6.22. The van der Waals surface area contributed by atoms with Crippen molar-refractivity contribution in [2.24, 2.45) is 0 Å². The highest BCUT2D eigenvalue weighted by molar-refractivity contribution is 5.99. The molecule has 0 fully saturated rings. The van der Waals surface area contributed by atoms with Gasteiger partial charge in [-0.2, -0.15) is 0 Å². The number of carbonyl (C=O) groups excluding carboxylic acids is 1. The minimum atomic E-state index is -0.120. The van der Waals surface area contributed by atoms with Crippen molar-refractivity contribution < 1.29 is 4.79 Å². The van der Waals surface area contributed by atoms with Crippen molar-refractivity contribution in [1.82, 2.24) is 15.3 Å². The average Bonchev–Trinajstić information content (AvgIpc) is 2.62. The zero-order chi connectivity index (χ0) is 18.1. The molecule has 1 heterocycles. The molecule has 5 nitrogen and oxygen atoms in total. The van der Waals surface area contributed by atoms with E-state index < -0.39 is 0 Å². The number of anilines is 1. The lowest BCUT2D eigenvalue weighted by atomic mass is 10.0. The highest BCUT2D eigenvalue weighted by Gasteiger charge is 2.16. The van der Waals surface area contributed by atoms with Gasteiger partial charge in [-0.15, -0.1) is 0 Å². The van der Waals surface area contributed by atoms with E-state index in [-0.39, 0.29) is 5.91 Å². The summed E-state index contributed by atoms with van der Waals surface area (Å²) in [5.41, 5.74) is 3.25. The van der Waals surface area contributed by atoms with Gasteiger partial charge in [0.25, 0.3) is 5.91 Å². The van der Waals surface area contributed by atoms with Gasteiger partial charge in [0.1, 0.15) is 0 Å². The van der Waals surface area contributed by atoms with Crippen LogP contribution in [0.1, 0.15) is 55.5 Å². The van der Waals surface area contributed by atoms with Crippen molar-refractivity contribution in [3.8, 4) is 11.3 Å². The number of nitrogens with zero attached hydrogens (tertiary/aromatic N) is 2. The predicted octanol–water partition coefficient (Wildman–Crippen LogP) is 4.19.